The van der Waals surface area contributed by atoms with Gasteiger partial charge < -0.3 is 4.79 Å². The molecule has 1 aromatic heterocycles. The summed E-state index contributed by atoms with van der Waals surface area (Å²) >= 11 is 6.12. The van der Waals surface area contributed by atoms with Crippen LogP contribution >= 0.6 is 11.6 Å². The lowest BCUT2D eigenvalue weighted by molar-refractivity contribution is -0.108. The van der Waals surface area contributed by atoms with Gasteiger partial charge in [-0.05, 0) is 55.2 Å². The zero-order chi connectivity index (χ0) is 17.8. The van der Waals surface area contributed by atoms with E-state index in [0.29, 0.717) is 10.5 Å². The molecule has 0 aliphatic heterocycles. The molecular formula is C19H16ClNO3S. The topological polar surface area (TPSA) is 56.1 Å². The zero-order valence-corrected chi connectivity index (χ0v) is 15.1. The van der Waals surface area contributed by atoms with Crippen molar-refractivity contribution in [3.05, 3.63) is 64.8 Å². The van der Waals surface area contributed by atoms with Crippen molar-refractivity contribution in [2.45, 2.75) is 24.2 Å². The third-order valence-corrected chi connectivity index (χ3v) is 6.68. The van der Waals surface area contributed by atoms with E-state index in [-0.39, 0.29) is 16.7 Å². The Balaban J connectivity index is 1.93. The van der Waals surface area contributed by atoms with Crippen LogP contribution in [-0.2, 0) is 14.8 Å². The predicted octanol–water partition coefficient (Wildman–Crippen LogP) is 4.14. The Morgan fingerprint density at radius 3 is 2.52 bits per heavy atom. The lowest BCUT2D eigenvalue weighted by Crippen LogP contribution is -2.11. The molecule has 3 aromatic rings. The Morgan fingerprint density at radius 1 is 1.16 bits per heavy atom. The fourth-order valence-corrected chi connectivity index (χ4v) is 4.79. The van der Waals surface area contributed by atoms with Gasteiger partial charge in [-0.3, -0.25) is 0 Å². The standard InChI is InChI=1S/C19H16ClNO3S/c1-12-2-5-15(6-3-12)25(23,24)21-10-18(16-8-13(16)11-22)17-9-14(20)4-7-19(17)21/h2-7,9-11,13,16H,8H2,1H3/t13-,16-/m0/s1. The molecule has 25 heavy (non-hydrogen) atoms. The minimum Gasteiger partial charge on any atom is -0.303 e. The molecule has 6 heteroatoms. The molecule has 2 atom stereocenters. The molecule has 1 aliphatic rings. The molecule has 0 N–H and O–H groups in total. The van der Waals surface area contributed by atoms with Crippen LogP contribution in [0.4, 0.5) is 0 Å². The van der Waals surface area contributed by atoms with E-state index in [1.54, 1.807) is 48.7 Å². The quantitative estimate of drug-likeness (QED) is 0.646. The summed E-state index contributed by atoms with van der Waals surface area (Å²) in [7, 11) is -3.72. The van der Waals surface area contributed by atoms with Crippen molar-refractivity contribution in [1.29, 1.82) is 0 Å². The summed E-state index contributed by atoms with van der Waals surface area (Å²) in [6.07, 6.45) is 3.33. The molecule has 0 saturated heterocycles. The van der Waals surface area contributed by atoms with E-state index in [9.17, 15) is 13.2 Å². The maximum Gasteiger partial charge on any atom is 0.268 e. The first kappa shape index (κ1) is 16.4. The molecular weight excluding hydrogens is 358 g/mol. The number of carbonyl (C=O) groups excluding carboxylic acids is 1. The second-order valence-electron chi connectivity index (χ2n) is 6.50. The van der Waals surface area contributed by atoms with Crippen LogP contribution < -0.4 is 0 Å². The number of rotatable bonds is 4. The molecule has 4 rings (SSSR count). The first-order valence-corrected chi connectivity index (χ1v) is 9.81. The highest BCUT2D eigenvalue weighted by molar-refractivity contribution is 7.90. The van der Waals surface area contributed by atoms with Gasteiger partial charge in [0.2, 0.25) is 0 Å². The monoisotopic (exact) mass is 373 g/mol. The Morgan fingerprint density at radius 2 is 1.88 bits per heavy atom. The highest BCUT2D eigenvalue weighted by atomic mass is 35.5. The van der Waals surface area contributed by atoms with E-state index in [2.05, 4.69) is 0 Å². The Bertz CT molecular complexity index is 1080. The number of benzene rings is 2. The fraction of sp³-hybridized carbons (Fsp3) is 0.211. The maximum absolute atomic E-state index is 13.1. The predicted molar refractivity (Wildman–Crippen MR) is 97.6 cm³/mol. The molecule has 1 heterocycles. The van der Waals surface area contributed by atoms with Crippen LogP contribution in [0.25, 0.3) is 10.9 Å². The summed E-state index contributed by atoms with van der Waals surface area (Å²) in [5, 5.41) is 1.33. The minimum absolute atomic E-state index is 0.0416. The van der Waals surface area contributed by atoms with Crippen LogP contribution in [0.15, 0.2) is 53.6 Å². The lowest BCUT2D eigenvalue weighted by Gasteiger charge is -2.08. The summed E-state index contributed by atoms with van der Waals surface area (Å²) in [5.41, 5.74) is 2.44. The van der Waals surface area contributed by atoms with Crippen LogP contribution in [0.2, 0.25) is 5.02 Å². The van der Waals surface area contributed by atoms with Crippen molar-refractivity contribution < 1.29 is 13.2 Å². The molecule has 0 radical (unpaired) electrons. The SMILES string of the molecule is Cc1ccc(S(=O)(=O)n2cc([C@H]3C[C@H]3C=O)c3cc(Cl)ccc32)cc1. The van der Waals surface area contributed by atoms with E-state index in [1.165, 1.54) is 3.97 Å². The number of carbonyl (C=O) groups is 1. The fourth-order valence-electron chi connectivity index (χ4n) is 3.24. The highest BCUT2D eigenvalue weighted by Gasteiger charge is 2.40. The number of aromatic nitrogens is 1. The average Bonchev–Trinajstić information content (AvgIpc) is 3.27. The van der Waals surface area contributed by atoms with Gasteiger partial charge in [0.05, 0.1) is 10.4 Å². The van der Waals surface area contributed by atoms with E-state index >= 15 is 0 Å². The van der Waals surface area contributed by atoms with Gasteiger partial charge in [0, 0.05) is 22.5 Å². The molecule has 128 valence electrons. The molecule has 1 aliphatic carbocycles. The van der Waals surface area contributed by atoms with Gasteiger partial charge in [0.25, 0.3) is 10.0 Å². The van der Waals surface area contributed by atoms with Crippen molar-refractivity contribution in [3.8, 4) is 0 Å². The van der Waals surface area contributed by atoms with Gasteiger partial charge in [0.1, 0.15) is 6.29 Å². The number of hydrogen-bond donors (Lipinski definition) is 0. The van der Waals surface area contributed by atoms with Crippen LogP contribution in [0.3, 0.4) is 0 Å². The van der Waals surface area contributed by atoms with Crippen molar-refractivity contribution in [2.24, 2.45) is 5.92 Å². The summed E-state index contributed by atoms with van der Waals surface area (Å²) in [4.78, 5) is 11.3. The number of hydrogen-bond acceptors (Lipinski definition) is 3. The third-order valence-electron chi connectivity index (χ3n) is 4.76. The second kappa shape index (κ2) is 5.71. The molecule has 0 spiro atoms. The van der Waals surface area contributed by atoms with Crippen LogP contribution in [0, 0.1) is 12.8 Å². The molecule has 4 nitrogen and oxygen atoms in total. The van der Waals surface area contributed by atoms with Gasteiger partial charge in [0.15, 0.2) is 0 Å². The number of halogens is 1. The first-order chi connectivity index (χ1) is 11.9. The summed E-state index contributed by atoms with van der Waals surface area (Å²) in [6, 6.07) is 11.9. The molecule has 2 aromatic carbocycles. The van der Waals surface area contributed by atoms with Crippen LogP contribution in [-0.4, -0.2) is 18.7 Å². The van der Waals surface area contributed by atoms with E-state index in [0.717, 1.165) is 29.2 Å². The highest BCUT2D eigenvalue weighted by Crippen LogP contribution is 2.49. The maximum atomic E-state index is 13.1. The van der Waals surface area contributed by atoms with Crippen molar-refractivity contribution >= 4 is 38.8 Å². The largest absolute Gasteiger partial charge is 0.303 e. The molecule has 0 unspecified atom stereocenters. The molecule has 0 amide bonds. The van der Waals surface area contributed by atoms with Crippen LogP contribution in [0.5, 0.6) is 0 Å². The molecule has 1 fully saturated rings. The molecule has 0 bridgehead atoms. The van der Waals surface area contributed by atoms with E-state index in [1.807, 2.05) is 6.92 Å². The van der Waals surface area contributed by atoms with Crippen molar-refractivity contribution in [2.75, 3.05) is 0 Å². The first-order valence-electron chi connectivity index (χ1n) is 8.00. The third kappa shape index (κ3) is 2.68. The van der Waals surface area contributed by atoms with Gasteiger partial charge in [-0.1, -0.05) is 29.3 Å². The van der Waals surface area contributed by atoms with Crippen molar-refractivity contribution in [1.82, 2.24) is 3.97 Å². The van der Waals surface area contributed by atoms with Crippen molar-refractivity contribution in [3.63, 3.8) is 0 Å². The summed E-state index contributed by atoms with van der Waals surface area (Å²) < 4.78 is 27.5. The Kier molecular flexibility index (Phi) is 3.74. The number of aryl methyl sites for hydroxylation is 1. The van der Waals surface area contributed by atoms with E-state index in [4.69, 9.17) is 11.6 Å². The number of nitrogens with zero attached hydrogens (tertiary/aromatic N) is 1. The summed E-state index contributed by atoms with van der Waals surface area (Å²) in [6.45, 7) is 1.91. The molecule has 1 saturated carbocycles. The normalized spacial score (nSPS) is 19.9. The number of fused-ring (bicyclic) bond motifs is 1. The Hall–Kier alpha value is -2.11. The van der Waals surface area contributed by atoms with Gasteiger partial charge in [-0.15, -0.1) is 0 Å². The van der Waals surface area contributed by atoms with Crippen LogP contribution in [0.1, 0.15) is 23.5 Å². The summed E-state index contributed by atoms with van der Waals surface area (Å²) in [5.74, 6) is 0.0213. The van der Waals surface area contributed by atoms with E-state index < -0.39 is 10.0 Å². The smallest absolute Gasteiger partial charge is 0.268 e. The minimum atomic E-state index is -3.72. The Labute approximate surface area is 151 Å². The number of aldehydes is 1. The lowest BCUT2D eigenvalue weighted by atomic mass is 10.1. The zero-order valence-electron chi connectivity index (χ0n) is 13.5. The van der Waals surface area contributed by atoms with Gasteiger partial charge in [-0.2, -0.15) is 0 Å². The van der Waals surface area contributed by atoms with Gasteiger partial charge >= 0.3 is 0 Å². The second-order valence-corrected chi connectivity index (χ2v) is 8.75. The average molecular weight is 374 g/mol. The van der Waals surface area contributed by atoms with Gasteiger partial charge in [-0.25, -0.2) is 12.4 Å².